The molecule has 0 unspecified atom stereocenters. The van der Waals surface area contributed by atoms with Crippen LogP contribution in [0.2, 0.25) is 0 Å². The third kappa shape index (κ3) is 1.84. The minimum atomic E-state index is 0.594. The number of fused-ring (bicyclic) bond motifs is 1. The Labute approximate surface area is 101 Å². The van der Waals surface area contributed by atoms with Crippen LogP contribution in [0, 0.1) is 0 Å². The number of aromatic amines is 1. The van der Waals surface area contributed by atoms with Gasteiger partial charge >= 0.3 is 0 Å². The molecule has 1 heterocycles. The fourth-order valence-corrected chi connectivity index (χ4v) is 3.02. The van der Waals surface area contributed by atoms with Crippen LogP contribution in [0.25, 0.3) is 10.9 Å². The van der Waals surface area contributed by atoms with Crippen LogP contribution >= 0.6 is 0 Å². The Hall–Kier alpha value is -1.35. The highest BCUT2D eigenvalue weighted by atomic mass is 15.1. The van der Waals surface area contributed by atoms with Crippen LogP contribution in [0.3, 0.4) is 0 Å². The van der Waals surface area contributed by atoms with Crippen molar-refractivity contribution in [2.45, 2.75) is 44.6 Å². The maximum atomic E-state index is 5.83. The molecule has 0 atom stereocenters. The number of H-pyrrole nitrogens is 1. The molecule has 1 saturated carbocycles. The zero-order valence-corrected chi connectivity index (χ0v) is 10.1. The molecule has 0 radical (unpaired) electrons. The molecule has 17 heavy (non-hydrogen) atoms. The molecule has 2 aromatic rings. The Morgan fingerprint density at radius 3 is 2.82 bits per heavy atom. The number of nitrogens with one attached hydrogen (secondary N) is 1. The van der Waals surface area contributed by atoms with Crippen LogP contribution in [0.4, 0.5) is 0 Å². The van der Waals surface area contributed by atoms with Crippen LogP contribution in [-0.4, -0.2) is 10.2 Å². The van der Waals surface area contributed by atoms with Crippen LogP contribution < -0.4 is 5.73 Å². The summed E-state index contributed by atoms with van der Waals surface area (Å²) in [6.45, 7) is 0.594. The first-order chi connectivity index (χ1) is 8.40. The second-order valence-electron chi connectivity index (χ2n) is 4.99. The molecule has 90 valence electrons. The number of rotatable bonds is 2. The largest absolute Gasteiger partial charge is 0.326 e. The molecule has 1 aliphatic carbocycles. The van der Waals surface area contributed by atoms with Gasteiger partial charge in [0.2, 0.25) is 0 Å². The van der Waals surface area contributed by atoms with E-state index in [1.165, 1.54) is 48.7 Å². The van der Waals surface area contributed by atoms with Crippen LogP contribution in [-0.2, 0) is 6.54 Å². The predicted molar refractivity (Wildman–Crippen MR) is 69.8 cm³/mol. The van der Waals surface area contributed by atoms with Gasteiger partial charge in [-0.2, -0.15) is 5.10 Å². The molecule has 0 aliphatic heterocycles. The van der Waals surface area contributed by atoms with Crippen molar-refractivity contribution in [3.05, 3.63) is 29.5 Å². The molecule has 3 heteroatoms. The maximum Gasteiger partial charge on any atom is 0.0927 e. The van der Waals surface area contributed by atoms with E-state index in [0.717, 1.165) is 5.52 Å². The van der Waals surface area contributed by atoms with Gasteiger partial charge in [0, 0.05) is 23.5 Å². The second kappa shape index (κ2) is 4.49. The summed E-state index contributed by atoms with van der Waals surface area (Å²) in [7, 11) is 0. The lowest BCUT2D eigenvalue weighted by atomic mass is 9.85. The number of nitrogens with two attached hydrogens (primary N) is 1. The van der Waals surface area contributed by atoms with E-state index in [4.69, 9.17) is 5.73 Å². The molecule has 3 rings (SSSR count). The molecule has 3 nitrogen and oxygen atoms in total. The quantitative estimate of drug-likeness (QED) is 0.831. The van der Waals surface area contributed by atoms with E-state index in [9.17, 15) is 0 Å². The first-order valence-electron chi connectivity index (χ1n) is 6.56. The summed E-state index contributed by atoms with van der Waals surface area (Å²) in [5.74, 6) is 0.654. The summed E-state index contributed by atoms with van der Waals surface area (Å²) in [6.07, 6.45) is 6.64. The minimum absolute atomic E-state index is 0.594. The first kappa shape index (κ1) is 10.8. The van der Waals surface area contributed by atoms with Gasteiger partial charge in [-0.3, -0.25) is 5.10 Å². The average Bonchev–Trinajstić information content (AvgIpc) is 2.83. The van der Waals surface area contributed by atoms with Gasteiger partial charge < -0.3 is 5.73 Å². The van der Waals surface area contributed by atoms with Gasteiger partial charge in [0.05, 0.1) is 5.52 Å². The van der Waals surface area contributed by atoms with Gasteiger partial charge in [0.15, 0.2) is 0 Å². The fourth-order valence-electron chi connectivity index (χ4n) is 3.02. The van der Waals surface area contributed by atoms with E-state index in [2.05, 4.69) is 22.3 Å². The van der Waals surface area contributed by atoms with Crippen molar-refractivity contribution < 1.29 is 0 Å². The van der Waals surface area contributed by atoms with Gasteiger partial charge in [-0.25, -0.2) is 0 Å². The highest BCUT2D eigenvalue weighted by Crippen LogP contribution is 2.36. The van der Waals surface area contributed by atoms with E-state index >= 15 is 0 Å². The molecule has 0 bridgehead atoms. The monoisotopic (exact) mass is 229 g/mol. The topological polar surface area (TPSA) is 54.7 Å². The Kier molecular flexibility index (Phi) is 2.85. The molecule has 0 amide bonds. The van der Waals surface area contributed by atoms with Crippen LogP contribution in [0.15, 0.2) is 18.2 Å². The second-order valence-corrected chi connectivity index (χ2v) is 4.99. The first-order valence-corrected chi connectivity index (χ1v) is 6.56. The van der Waals surface area contributed by atoms with Crippen molar-refractivity contribution in [1.29, 1.82) is 0 Å². The predicted octanol–water partition coefficient (Wildman–Crippen LogP) is 3.07. The highest BCUT2D eigenvalue weighted by molar-refractivity contribution is 5.85. The molecule has 0 spiro atoms. The maximum absolute atomic E-state index is 5.83. The zero-order valence-electron chi connectivity index (χ0n) is 10.1. The lowest BCUT2D eigenvalue weighted by Gasteiger charge is -2.21. The van der Waals surface area contributed by atoms with Gasteiger partial charge in [-0.05, 0) is 24.5 Å². The number of aromatic nitrogens is 2. The van der Waals surface area contributed by atoms with E-state index in [0.29, 0.717) is 12.5 Å². The van der Waals surface area contributed by atoms with E-state index in [-0.39, 0.29) is 0 Å². The van der Waals surface area contributed by atoms with Crippen molar-refractivity contribution >= 4 is 10.9 Å². The summed E-state index contributed by atoms with van der Waals surface area (Å²) < 4.78 is 0. The van der Waals surface area contributed by atoms with E-state index in [1.807, 2.05) is 6.07 Å². The fraction of sp³-hybridized carbons (Fsp3) is 0.500. The SMILES string of the molecule is NCc1cccc2n[nH]c(C3CCCCC3)c12. The minimum Gasteiger partial charge on any atom is -0.326 e. The summed E-state index contributed by atoms with van der Waals surface area (Å²) in [4.78, 5) is 0. The summed E-state index contributed by atoms with van der Waals surface area (Å²) >= 11 is 0. The van der Waals surface area contributed by atoms with Gasteiger partial charge in [0.1, 0.15) is 0 Å². The van der Waals surface area contributed by atoms with E-state index < -0.39 is 0 Å². The Morgan fingerprint density at radius 1 is 1.24 bits per heavy atom. The number of hydrogen-bond acceptors (Lipinski definition) is 2. The Bertz CT molecular complexity index is 509. The van der Waals surface area contributed by atoms with Gasteiger partial charge in [-0.15, -0.1) is 0 Å². The molecule has 3 N–H and O–H groups in total. The third-order valence-electron chi connectivity index (χ3n) is 3.93. The standard InChI is InChI=1S/C14H19N3/c15-9-11-7-4-8-12-13(11)14(17-16-12)10-5-2-1-3-6-10/h4,7-8,10H,1-3,5-6,9,15H2,(H,16,17). The molecule has 1 aliphatic rings. The molecule has 1 aromatic carbocycles. The Morgan fingerprint density at radius 2 is 2.06 bits per heavy atom. The summed E-state index contributed by atoms with van der Waals surface area (Å²) in [6, 6.07) is 6.22. The number of nitrogens with zero attached hydrogens (tertiary/aromatic N) is 1. The number of benzene rings is 1. The molecular weight excluding hydrogens is 210 g/mol. The van der Waals surface area contributed by atoms with E-state index in [1.54, 1.807) is 0 Å². The van der Waals surface area contributed by atoms with Crippen molar-refractivity contribution in [3.63, 3.8) is 0 Å². The molecule has 1 fully saturated rings. The highest BCUT2D eigenvalue weighted by Gasteiger charge is 2.20. The lowest BCUT2D eigenvalue weighted by Crippen LogP contribution is -2.06. The normalized spacial score (nSPS) is 17.7. The van der Waals surface area contributed by atoms with Crippen molar-refractivity contribution in [1.82, 2.24) is 10.2 Å². The molecule has 0 saturated heterocycles. The van der Waals surface area contributed by atoms with Crippen LogP contribution in [0.5, 0.6) is 0 Å². The molecular formula is C14H19N3. The zero-order chi connectivity index (χ0) is 11.7. The molecule has 1 aromatic heterocycles. The van der Waals surface area contributed by atoms with Crippen molar-refractivity contribution in [3.8, 4) is 0 Å². The summed E-state index contributed by atoms with van der Waals surface area (Å²) in [5.41, 5.74) is 9.43. The third-order valence-corrected chi connectivity index (χ3v) is 3.93. The Balaban J connectivity index is 2.09. The van der Waals surface area contributed by atoms with Crippen molar-refractivity contribution in [2.75, 3.05) is 0 Å². The lowest BCUT2D eigenvalue weighted by molar-refractivity contribution is 0.438. The van der Waals surface area contributed by atoms with Gasteiger partial charge in [-0.1, -0.05) is 31.4 Å². The average molecular weight is 229 g/mol. The summed E-state index contributed by atoms with van der Waals surface area (Å²) in [5, 5.41) is 8.95. The smallest absolute Gasteiger partial charge is 0.0927 e. The van der Waals surface area contributed by atoms with Crippen LogP contribution in [0.1, 0.15) is 49.3 Å². The van der Waals surface area contributed by atoms with Gasteiger partial charge in [0.25, 0.3) is 0 Å². The number of hydrogen-bond donors (Lipinski definition) is 2. The van der Waals surface area contributed by atoms with Crippen molar-refractivity contribution in [2.24, 2.45) is 5.73 Å².